The zero-order valence-corrected chi connectivity index (χ0v) is 24.2. The summed E-state index contributed by atoms with van der Waals surface area (Å²) in [6, 6.07) is 3.58. The van der Waals surface area contributed by atoms with E-state index < -0.39 is 21.4 Å². The molecule has 0 radical (unpaired) electrons. The highest BCUT2D eigenvalue weighted by molar-refractivity contribution is 8.32. The largest absolute Gasteiger partial charge is 0.378 e. The SMILES string of the molecule is CN1CCC(n2cc(-c3cn(COCCS(C)(C)C)nc3Cl)c3cc(C#CC(C)(C)O)c(F)cc32)CC1. The maximum atomic E-state index is 15.2. The van der Waals surface area contributed by atoms with Crippen LogP contribution in [0.3, 0.4) is 0 Å². The maximum absolute atomic E-state index is 15.2. The van der Waals surface area contributed by atoms with E-state index in [0.29, 0.717) is 18.5 Å². The highest BCUT2D eigenvalue weighted by atomic mass is 35.5. The number of rotatable bonds is 7. The molecule has 1 fully saturated rings. The quantitative estimate of drug-likeness (QED) is 0.319. The van der Waals surface area contributed by atoms with Crippen molar-refractivity contribution in [3.05, 3.63) is 41.1 Å². The van der Waals surface area contributed by atoms with Crippen LogP contribution in [0.4, 0.5) is 4.39 Å². The Balaban J connectivity index is 1.74. The second kappa shape index (κ2) is 11.0. The van der Waals surface area contributed by atoms with Crippen LogP contribution < -0.4 is 0 Å². The lowest BCUT2D eigenvalue weighted by Crippen LogP contribution is -2.31. The van der Waals surface area contributed by atoms with Gasteiger partial charge in [0, 0.05) is 40.7 Å². The minimum Gasteiger partial charge on any atom is -0.378 e. The lowest BCUT2D eigenvalue weighted by molar-refractivity contribution is 0.0810. The van der Waals surface area contributed by atoms with Crippen LogP contribution >= 0.6 is 21.6 Å². The van der Waals surface area contributed by atoms with Gasteiger partial charge >= 0.3 is 0 Å². The third-order valence-electron chi connectivity index (χ3n) is 6.58. The first-order valence-corrected chi connectivity index (χ1v) is 16.0. The molecule has 0 atom stereocenters. The standard InChI is InChI=1S/C28H38ClFN4O2S/c1-28(2,35)10-7-20-15-22-23(24-17-33(31-27(24)29)19-36-13-14-37(4,5)6)18-34(26(22)16-25(20)30)21-8-11-32(3)12-9-21/h15-18,21,35H,8-9,11-14,19H2,1-6H3. The van der Waals surface area contributed by atoms with Crippen molar-refractivity contribution < 1.29 is 14.2 Å². The molecule has 1 aliphatic rings. The predicted molar refractivity (Wildman–Crippen MR) is 153 cm³/mol. The number of benzene rings is 1. The van der Waals surface area contributed by atoms with Gasteiger partial charge in [0.15, 0.2) is 5.15 Å². The molecule has 1 aromatic carbocycles. The number of ether oxygens (including phenoxy) is 1. The third-order valence-corrected chi connectivity index (χ3v) is 8.25. The van der Waals surface area contributed by atoms with E-state index >= 15 is 4.39 Å². The lowest BCUT2D eigenvalue weighted by Gasteiger charge is -2.30. The number of hydrogen-bond donors (Lipinski definition) is 1. The summed E-state index contributed by atoms with van der Waals surface area (Å²) in [6.45, 7) is 6.13. The van der Waals surface area contributed by atoms with Crippen LogP contribution in [-0.2, 0) is 11.5 Å². The summed E-state index contributed by atoms with van der Waals surface area (Å²) in [5, 5.41) is 15.8. The van der Waals surface area contributed by atoms with Gasteiger partial charge in [0.1, 0.15) is 18.1 Å². The highest BCUT2D eigenvalue weighted by Crippen LogP contribution is 2.39. The summed E-state index contributed by atoms with van der Waals surface area (Å²) in [5.74, 6) is 6.17. The summed E-state index contributed by atoms with van der Waals surface area (Å²) in [6.07, 6.45) is 12.7. The predicted octanol–water partition coefficient (Wildman–Crippen LogP) is 5.35. The molecule has 202 valence electrons. The van der Waals surface area contributed by atoms with Gasteiger partial charge in [0.05, 0.1) is 17.7 Å². The second-order valence-corrected chi connectivity index (χ2v) is 16.3. The third kappa shape index (κ3) is 7.10. The summed E-state index contributed by atoms with van der Waals surface area (Å²) in [4.78, 5) is 2.32. The number of aromatic nitrogens is 3. The van der Waals surface area contributed by atoms with Crippen molar-refractivity contribution in [1.29, 1.82) is 0 Å². The monoisotopic (exact) mass is 548 g/mol. The van der Waals surface area contributed by atoms with Gasteiger partial charge in [-0.25, -0.2) is 19.1 Å². The van der Waals surface area contributed by atoms with E-state index in [4.69, 9.17) is 16.3 Å². The molecule has 0 bridgehead atoms. The molecule has 9 heteroatoms. The number of nitrogens with zero attached hydrogens (tertiary/aromatic N) is 4. The van der Waals surface area contributed by atoms with Gasteiger partial charge in [0.2, 0.25) is 0 Å². The molecule has 4 rings (SSSR count). The Morgan fingerprint density at radius 1 is 1.19 bits per heavy atom. The first kappa shape index (κ1) is 28.0. The normalized spacial score (nSPS) is 16.2. The minimum atomic E-state index is -1.22. The smallest absolute Gasteiger partial charge is 0.159 e. The second-order valence-electron chi connectivity index (χ2n) is 11.3. The number of aliphatic hydroxyl groups is 1. The molecule has 2 aromatic heterocycles. The Kier molecular flexibility index (Phi) is 8.32. The Labute approximate surface area is 226 Å². The minimum absolute atomic E-state index is 0.244. The van der Waals surface area contributed by atoms with Crippen LogP contribution in [0.5, 0.6) is 0 Å². The molecular weight excluding hydrogens is 511 g/mol. The molecule has 1 aliphatic heterocycles. The van der Waals surface area contributed by atoms with Crippen molar-refractivity contribution in [2.75, 3.05) is 51.3 Å². The van der Waals surface area contributed by atoms with Crippen LogP contribution in [-0.4, -0.2) is 81.2 Å². The Bertz CT molecular complexity index is 1320. The molecule has 0 spiro atoms. The van der Waals surface area contributed by atoms with Gasteiger partial charge in [-0.05, 0) is 77.7 Å². The number of likely N-dealkylation sites (tertiary alicyclic amines) is 1. The fraction of sp³-hybridized carbons (Fsp3) is 0.536. The van der Waals surface area contributed by atoms with E-state index in [9.17, 15) is 5.11 Å². The molecule has 37 heavy (non-hydrogen) atoms. The maximum Gasteiger partial charge on any atom is 0.159 e. The zero-order valence-electron chi connectivity index (χ0n) is 22.6. The molecule has 3 aromatic rings. The number of hydrogen-bond acceptors (Lipinski definition) is 4. The van der Waals surface area contributed by atoms with Crippen molar-refractivity contribution >= 4 is 32.5 Å². The van der Waals surface area contributed by atoms with Gasteiger partial charge in [0.25, 0.3) is 0 Å². The van der Waals surface area contributed by atoms with Crippen molar-refractivity contribution in [2.45, 2.75) is 45.1 Å². The molecule has 1 saturated heterocycles. The van der Waals surface area contributed by atoms with Gasteiger partial charge < -0.3 is 19.3 Å². The van der Waals surface area contributed by atoms with Crippen LogP contribution in [0, 0.1) is 17.7 Å². The first-order valence-electron chi connectivity index (χ1n) is 12.6. The van der Waals surface area contributed by atoms with E-state index in [1.54, 1.807) is 30.7 Å². The van der Waals surface area contributed by atoms with Crippen molar-refractivity contribution in [2.24, 2.45) is 0 Å². The van der Waals surface area contributed by atoms with Crippen LogP contribution in [0.2, 0.25) is 5.15 Å². The summed E-state index contributed by atoms with van der Waals surface area (Å²) in [5.41, 5.74) is 1.49. The lowest BCUT2D eigenvalue weighted by atomic mass is 10.0. The first-order chi connectivity index (χ1) is 17.3. The van der Waals surface area contributed by atoms with E-state index in [1.165, 1.54) is 0 Å². The van der Waals surface area contributed by atoms with Gasteiger partial charge in [-0.2, -0.15) is 5.10 Å². The fourth-order valence-electron chi connectivity index (χ4n) is 4.49. The average Bonchev–Trinajstić information content (AvgIpc) is 3.34. The Morgan fingerprint density at radius 3 is 2.54 bits per heavy atom. The van der Waals surface area contributed by atoms with E-state index in [1.807, 2.05) is 6.20 Å². The number of fused-ring (bicyclic) bond motifs is 1. The summed E-state index contributed by atoms with van der Waals surface area (Å²) >= 11 is 6.64. The van der Waals surface area contributed by atoms with E-state index in [-0.39, 0.29) is 11.6 Å². The topological polar surface area (TPSA) is 55.5 Å². The number of halogens is 2. The van der Waals surface area contributed by atoms with Crippen LogP contribution in [0.25, 0.3) is 22.0 Å². The average molecular weight is 549 g/mol. The van der Waals surface area contributed by atoms with E-state index in [0.717, 1.165) is 53.7 Å². The molecule has 6 nitrogen and oxygen atoms in total. The van der Waals surface area contributed by atoms with E-state index in [2.05, 4.69) is 58.4 Å². The van der Waals surface area contributed by atoms with Crippen molar-refractivity contribution in [3.8, 4) is 23.0 Å². The summed E-state index contributed by atoms with van der Waals surface area (Å²) < 4.78 is 25.0. The van der Waals surface area contributed by atoms with Crippen LogP contribution in [0.15, 0.2) is 24.5 Å². The van der Waals surface area contributed by atoms with Crippen molar-refractivity contribution in [1.82, 2.24) is 19.2 Å². The van der Waals surface area contributed by atoms with Gasteiger partial charge in [-0.1, -0.05) is 23.4 Å². The molecule has 0 amide bonds. The molecular formula is C28H38ClFN4O2S. The zero-order chi connectivity index (χ0) is 27.0. The molecule has 3 heterocycles. The van der Waals surface area contributed by atoms with Gasteiger partial charge in [-0.3, -0.25) is 0 Å². The molecule has 0 saturated carbocycles. The van der Waals surface area contributed by atoms with Crippen LogP contribution in [0.1, 0.15) is 38.3 Å². The molecule has 0 unspecified atom stereocenters. The van der Waals surface area contributed by atoms with Crippen molar-refractivity contribution in [3.63, 3.8) is 0 Å². The number of piperidine rings is 1. The fourth-order valence-corrected chi connectivity index (χ4v) is 5.35. The summed E-state index contributed by atoms with van der Waals surface area (Å²) in [7, 11) is 1.50. The highest BCUT2D eigenvalue weighted by Gasteiger charge is 2.24. The Morgan fingerprint density at radius 2 is 1.89 bits per heavy atom. The van der Waals surface area contributed by atoms with Gasteiger partial charge in [-0.15, -0.1) is 0 Å². The Hall–Kier alpha value is -2.02. The molecule has 0 aliphatic carbocycles. The molecule has 1 N–H and O–H groups in total.